The number of benzene rings is 2. The topological polar surface area (TPSA) is 52.6 Å². The Labute approximate surface area is 193 Å². The van der Waals surface area contributed by atoms with Crippen LogP contribution in [0.15, 0.2) is 73.2 Å². The Hall–Kier alpha value is -3.14. The van der Waals surface area contributed by atoms with Gasteiger partial charge in [0.25, 0.3) is 0 Å². The maximum atomic E-state index is 11.7. The molecule has 0 amide bonds. The number of hydrogen-bond donors (Lipinski definition) is 0. The van der Waals surface area contributed by atoms with Crippen molar-refractivity contribution in [2.24, 2.45) is 5.92 Å². The van der Waals surface area contributed by atoms with Crippen LogP contribution in [0.1, 0.15) is 78.3 Å². The molecule has 1 unspecified atom stereocenters. The van der Waals surface area contributed by atoms with Gasteiger partial charge in [0, 0.05) is 0 Å². The fraction of sp³-hybridized carbons (Fsp3) is 0.357. The summed E-state index contributed by atoms with van der Waals surface area (Å²) in [6, 6.07) is 14.1. The number of ether oxygens (including phenoxy) is 2. The van der Waals surface area contributed by atoms with E-state index in [0.717, 1.165) is 17.0 Å². The van der Waals surface area contributed by atoms with E-state index in [-0.39, 0.29) is 0 Å². The molecule has 4 heteroatoms. The normalized spacial score (nSPS) is 11.7. The molecule has 0 spiro atoms. The molecule has 2 rings (SSSR count). The van der Waals surface area contributed by atoms with Gasteiger partial charge in [-0.15, -0.1) is 0 Å². The quantitative estimate of drug-likeness (QED) is 0.231. The summed E-state index contributed by atoms with van der Waals surface area (Å²) in [5.74, 6) is 0.0579. The van der Waals surface area contributed by atoms with E-state index < -0.39 is 11.9 Å². The van der Waals surface area contributed by atoms with Crippen molar-refractivity contribution >= 4 is 11.9 Å². The van der Waals surface area contributed by atoms with Gasteiger partial charge in [-0.25, -0.2) is 9.59 Å². The van der Waals surface area contributed by atoms with Crippen LogP contribution >= 0.6 is 0 Å². The zero-order valence-electron chi connectivity index (χ0n) is 20.0. The summed E-state index contributed by atoms with van der Waals surface area (Å²) in [7, 11) is 0. The smallest absolute Gasteiger partial charge is 0.342 e. The lowest BCUT2D eigenvalue weighted by Crippen LogP contribution is -2.00. The van der Waals surface area contributed by atoms with Gasteiger partial charge in [-0.1, -0.05) is 81.8 Å². The molecule has 0 aliphatic heterocycles. The monoisotopic (exact) mass is 436 g/mol. The fourth-order valence-corrected chi connectivity index (χ4v) is 2.56. The van der Waals surface area contributed by atoms with Gasteiger partial charge >= 0.3 is 11.9 Å². The molecule has 0 bridgehead atoms. The van der Waals surface area contributed by atoms with E-state index in [0.29, 0.717) is 11.1 Å². The maximum absolute atomic E-state index is 11.7. The SMILES string of the molecule is CCCCC(C)CC.Cc1ccc(C(=O)O/C=C\C=C\OC(=O)c2ccc(C)cc2)cc1. The Morgan fingerprint density at radius 2 is 1.19 bits per heavy atom. The average molecular weight is 437 g/mol. The van der Waals surface area contributed by atoms with Gasteiger partial charge in [0.2, 0.25) is 0 Å². The first-order chi connectivity index (χ1) is 15.4. The van der Waals surface area contributed by atoms with Crippen LogP contribution in [0.25, 0.3) is 0 Å². The highest BCUT2D eigenvalue weighted by Gasteiger charge is 2.05. The molecule has 0 radical (unpaired) electrons. The molecule has 2 aromatic rings. The molecule has 1 atom stereocenters. The van der Waals surface area contributed by atoms with E-state index in [4.69, 9.17) is 9.47 Å². The van der Waals surface area contributed by atoms with E-state index in [1.165, 1.54) is 50.4 Å². The lowest BCUT2D eigenvalue weighted by Gasteiger charge is -2.04. The number of allylic oxidation sites excluding steroid dienone is 2. The van der Waals surface area contributed by atoms with Crippen LogP contribution in [0.3, 0.4) is 0 Å². The maximum Gasteiger partial charge on any atom is 0.342 e. The fourth-order valence-electron chi connectivity index (χ4n) is 2.56. The largest absolute Gasteiger partial charge is 0.431 e. The molecule has 0 fully saturated rings. The van der Waals surface area contributed by atoms with E-state index >= 15 is 0 Å². The van der Waals surface area contributed by atoms with Gasteiger partial charge < -0.3 is 9.47 Å². The van der Waals surface area contributed by atoms with Gasteiger partial charge in [0.05, 0.1) is 23.7 Å². The lowest BCUT2D eigenvalue weighted by atomic mass is 10.0. The van der Waals surface area contributed by atoms with Crippen LogP contribution in [0.4, 0.5) is 0 Å². The number of aryl methyl sites for hydroxylation is 2. The summed E-state index contributed by atoms with van der Waals surface area (Å²) in [5, 5.41) is 0. The van der Waals surface area contributed by atoms with Gasteiger partial charge in [-0.05, 0) is 56.2 Å². The third-order valence-electron chi connectivity index (χ3n) is 4.94. The van der Waals surface area contributed by atoms with Crippen molar-refractivity contribution in [1.29, 1.82) is 0 Å². The molecule has 32 heavy (non-hydrogen) atoms. The number of rotatable bonds is 9. The first-order valence-corrected chi connectivity index (χ1v) is 11.2. The number of hydrogen-bond acceptors (Lipinski definition) is 4. The summed E-state index contributed by atoms with van der Waals surface area (Å²) >= 11 is 0. The number of carbonyl (C=O) groups excluding carboxylic acids is 2. The van der Waals surface area contributed by atoms with Gasteiger partial charge in [0.1, 0.15) is 0 Å². The summed E-state index contributed by atoms with van der Waals surface area (Å²) < 4.78 is 9.92. The van der Waals surface area contributed by atoms with E-state index in [1.54, 1.807) is 24.3 Å². The third kappa shape index (κ3) is 11.3. The predicted molar refractivity (Wildman–Crippen MR) is 130 cm³/mol. The Morgan fingerprint density at radius 1 is 0.781 bits per heavy atom. The second kappa shape index (κ2) is 15.6. The van der Waals surface area contributed by atoms with Crippen LogP contribution in [0.5, 0.6) is 0 Å². The zero-order chi connectivity index (χ0) is 23.8. The van der Waals surface area contributed by atoms with Crippen molar-refractivity contribution < 1.29 is 19.1 Å². The molecular formula is C28H36O4. The van der Waals surface area contributed by atoms with Crippen LogP contribution in [-0.2, 0) is 9.47 Å². The highest BCUT2D eigenvalue weighted by molar-refractivity contribution is 5.90. The van der Waals surface area contributed by atoms with Crippen molar-refractivity contribution in [1.82, 2.24) is 0 Å². The standard InChI is InChI=1S/C20H18O4.C8H18/c1-15-5-9-17(10-6-15)19(21)23-13-3-4-14-24-20(22)18-11-7-16(2)8-12-18;1-4-6-7-8(3)5-2/h3-14H,1-2H3;8H,4-7H2,1-3H3/b13-3-,14-4+;. The summed E-state index contributed by atoms with van der Waals surface area (Å²) in [6.45, 7) is 10.7. The summed E-state index contributed by atoms with van der Waals surface area (Å²) in [5.41, 5.74) is 3.08. The summed E-state index contributed by atoms with van der Waals surface area (Å²) in [6.07, 6.45) is 10.9. The molecule has 172 valence electrons. The van der Waals surface area contributed by atoms with Crippen LogP contribution < -0.4 is 0 Å². The molecule has 0 aliphatic carbocycles. The van der Waals surface area contributed by atoms with Crippen molar-refractivity contribution in [2.45, 2.75) is 60.3 Å². The van der Waals surface area contributed by atoms with Crippen LogP contribution in [-0.4, -0.2) is 11.9 Å². The third-order valence-corrected chi connectivity index (χ3v) is 4.94. The summed E-state index contributed by atoms with van der Waals surface area (Å²) in [4.78, 5) is 23.5. The Kier molecular flexibility index (Phi) is 13.1. The Bertz CT molecular complexity index is 794. The van der Waals surface area contributed by atoms with E-state index in [1.807, 2.05) is 38.1 Å². The number of carbonyl (C=O) groups is 2. The minimum Gasteiger partial charge on any atom is -0.431 e. The van der Waals surface area contributed by atoms with Gasteiger partial charge in [-0.2, -0.15) is 0 Å². The second-order valence-electron chi connectivity index (χ2n) is 7.86. The molecule has 4 nitrogen and oxygen atoms in total. The van der Waals surface area contributed by atoms with Crippen molar-refractivity contribution in [3.05, 3.63) is 95.5 Å². The predicted octanol–water partition coefficient (Wildman–Crippen LogP) is 7.57. The van der Waals surface area contributed by atoms with Crippen LogP contribution in [0, 0.1) is 19.8 Å². The molecule has 2 aromatic carbocycles. The van der Waals surface area contributed by atoms with Crippen molar-refractivity contribution in [3.63, 3.8) is 0 Å². The van der Waals surface area contributed by atoms with Crippen molar-refractivity contribution in [3.8, 4) is 0 Å². The Balaban J connectivity index is 0.000000547. The molecule has 0 heterocycles. The molecule has 0 N–H and O–H groups in total. The number of unbranched alkanes of at least 4 members (excludes halogenated alkanes) is 1. The molecule has 0 aromatic heterocycles. The lowest BCUT2D eigenvalue weighted by molar-refractivity contribution is 0.0650. The Morgan fingerprint density at radius 3 is 1.53 bits per heavy atom. The number of esters is 2. The first kappa shape index (κ1) is 26.9. The van der Waals surface area contributed by atoms with Crippen molar-refractivity contribution in [2.75, 3.05) is 0 Å². The molecule has 0 saturated heterocycles. The van der Waals surface area contributed by atoms with Gasteiger partial charge in [-0.3, -0.25) is 0 Å². The zero-order valence-corrected chi connectivity index (χ0v) is 20.0. The van der Waals surface area contributed by atoms with Gasteiger partial charge in [0.15, 0.2) is 0 Å². The minimum atomic E-state index is -0.448. The molecule has 0 saturated carbocycles. The highest BCUT2D eigenvalue weighted by Crippen LogP contribution is 2.10. The molecular weight excluding hydrogens is 400 g/mol. The average Bonchev–Trinajstić information content (AvgIpc) is 2.80. The molecule has 0 aliphatic rings. The second-order valence-corrected chi connectivity index (χ2v) is 7.86. The van der Waals surface area contributed by atoms with Crippen LogP contribution in [0.2, 0.25) is 0 Å². The highest BCUT2D eigenvalue weighted by atomic mass is 16.5. The van der Waals surface area contributed by atoms with E-state index in [2.05, 4.69) is 20.8 Å². The minimum absolute atomic E-state index is 0.448. The van der Waals surface area contributed by atoms with E-state index in [9.17, 15) is 9.59 Å². The first-order valence-electron chi connectivity index (χ1n) is 11.2.